The number of anilines is 1. The second-order valence-corrected chi connectivity index (χ2v) is 3.88. The number of benzene rings is 1. The molecular formula is C12H13F3N2O3. The van der Waals surface area contributed by atoms with E-state index in [1.54, 1.807) is 0 Å². The van der Waals surface area contributed by atoms with Crippen molar-refractivity contribution in [2.75, 3.05) is 19.0 Å². The number of nitrogens with one attached hydrogen (secondary N) is 2. The van der Waals surface area contributed by atoms with Crippen molar-refractivity contribution in [3.05, 3.63) is 29.6 Å². The van der Waals surface area contributed by atoms with Crippen LogP contribution in [0.4, 0.5) is 18.9 Å². The molecule has 1 rings (SSSR count). The van der Waals surface area contributed by atoms with Crippen LogP contribution in [0, 0.1) is 17.5 Å². The number of carbonyl (C=O) groups excluding carboxylic acids is 2. The van der Waals surface area contributed by atoms with Crippen molar-refractivity contribution in [3.63, 3.8) is 0 Å². The Morgan fingerprint density at radius 1 is 1.25 bits per heavy atom. The molecule has 110 valence electrons. The van der Waals surface area contributed by atoms with Gasteiger partial charge in [-0.15, -0.1) is 0 Å². The highest BCUT2D eigenvalue weighted by atomic mass is 19.2. The van der Waals surface area contributed by atoms with Crippen molar-refractivity contribution in [3.8, 4) is 0 Å². The molecular weight excluding hydrogens is 277 g/mol. The molecule has 20 heavy (non-hydrogen) atoms. The molecule has 1 atom stereocenters. The van der Waals surface area contributed by atoms with E-state index in [1.165, 1.54) is 6.92 Å². The fourth-order valence-electron chi connectivity index (χ4n) is 1.46. The summed E-state index contributed by atoms with van der Waals surface area (Å²) in [5.41, 5.74) is -0.330. The highest BCUT2D eigenvalue weighted by Crippen LogP contribution is 2.19. The SMILES string of the molecule is COC(=O)C(CNc1ccc(F)c(F)c1F)NC(C)=O. The summed E-state index contributed by atoms with van der Waals surface area (Å²) in [5, 5.41) is 4.68. The molecule has 1 aromatic carbocycles. The molecule has 1 aromatic rings. The molecule has 1 unspecified atom stereocenters. The molecule has 0 heterocycles. The molecule has 2 N–H and O–H groups in total. The van der Waals surface area contributed by atoms with Gasteiger partial charge in [-0.2, -0.15) is 0 Å². The Kier molecular flexibility index (Phi) is 5.36. The van der Waals surface area contributed by atoms with E-state index >= 15 is 0 Å². The molecule has 0 saturated carbocycles. The lowest BCUT2D eigenvalue weighted by Gasteiger charge is -2.17. The van der Waals surface area contributed by atoms with E-state index in [4.69, 9.17) is 0 Å². The fraction of sp³-hybridized carbons (Fsp3) is 0.333. The van der Waals surface area contributed by atoms with Gasteiger partial charge in [-0.25, -0.2) is 18.0 Å². The quantitative estimate of drug-likeness (QED) is 0.631. The number of halogens is 3. The zero-order valence-corrected chi connectivity index (χ0v) is 10.8. The van der Waals surface area contributed by atoms with E-state index in [2.05, 4.69) is 15.4 Å². The van der Waals surface area contributed by atoms with Gasteiger partial charge in [0.15, 0.2) is 17.5 Å². The first kappa shape index (κ1) is 15.8. The Morgan fingerprint density at radius 3 is 2.45 bits per heavy atom. The Bertz CT molecular complexity index is 523. The van der Waals surface area contributed by atoms with Crippen molar-refractivity contribution >= 4 is 17.6 Å². The van der Waals surface area contributed by atoms with E-state index in [1.807, 2.05) is 0 Å². The standard InChI is InChI=1S/C12H13F3N2O3/c1-6(18)17-9(12(19)20-2)5-16-8-4-3-7(13)10(14)11(8)15/h3-4,9,16H,5H2,1-2H3,(H,17,18). The molecule has 0 aliphatic carbocycles. The van der Waals surface area contributed by atoms with Gasteiger partial charge >= 0.3 is 5.97 Å². The minimum Gasteiger partial charge on any atom is -0.467 e. The first-order valence-corrected chi connectivity index (χ1v) is 5.59. The van der Waals surface area contributed by atoms with Crippen LogP contribution < -0.4 is 10.6 Å². The maximum Gasteiger partial charge on any atom is 0.330 e. The molecule has 0 bridgehead atoms. The van der Waals surface area contributed by atoms with Crippen LogP contribution in [0.25, 0.3) is 0 Å². The number of hydrogen-bond acceptors (Lipinski definition) is 4. The Balaban J connectivity index is 2.80. The van der Waals surface area contributed by atoms with Gasteiger partial charge in [0.2, 0.25) is 5.91 Å². The molecule has 0 radical (unpaired) electrons. The smallest absolute Gasteiger partial charge is 0.330 e. The van der Waals surface area contributed by atoms with E-state index in [9.17, 15) is 22.8 Å². The van der Waals surface area contributed by atoms with Crippen LogP contribution in [-0.4, -0.2) is 31.6 Å². The Labute approximate surface area is 113 Å². The number of ether oxygens (including phenoxy) is 1. The zero-order valence-electron chi connectivity index (χ0n) is 10.8. The van der Waals surface area contributed by atoms with Crippen LogP contribution in [0.3, 0.4) is 0 Å². The second-order valence-electron chi connectivity index (χ2n) is 3.88. The third kappa shape index (κ3) is 3.87. The molecule has 0 spiro atoms. The topological polar surface area (TPSA) is 67.4 Å². The first-order valence-electron chi connectivity index (χ1n) is 5.59. The average molecular weight is 290 g/mol. The van der Waals surface area contributed by atoms with E-state index in [0.29, 0.717) is 0 Å². The van der Waals surface area contributed by atoms with Crippen LogP contribution in [0.1, 0.15) is 6.92 Å². The van der Waals surface area contributed by atoms with Crippen molar-refractivity contribution in [2.24, 2.45) is 0 Å². The summed E-state index contributed by atoms with van der Waals surface area (Å²) < 4.78 is 43.6. The summed E-state index contributed by atoms with van der Waals surface area (Å²) in [6.07, 6.45) is 0. The normalized spacial score (nSPS) is 11.7. The molecule has 0 aliphatic rings. The molecule has 8 heteroatoms. The summed E-state index contributed by atoms with van der Waals surface area (Å²) in [7, 11) is 1.12. The number of amides is 1. The predicted molar refractivity (Wildman–Crippen MR) is 64.4 cm³/mol. The third-order valence-corrected chi connectivity index (χ3v) is 2.40. The summed E-state index contributed by atoms with van der Waals surface area (Å²) in [4.78, 5) is 22.3. The van der Waals surface area contributed by atoms with Gasteiger partial charge in [-0.3, -0.25) is 4.79 Å². The minimum atomic E-state index is -1.62. The number of hydrogen-bond donors (Lipinski definition) is 2. The summed E-state index contributed by atoms with van der Waals surface area (Å²) >= 11 is 0. The molecule has 0 fully saturated rings. The molecule has 5 nitrogen and oxygen atoms in total. The Hall–Kier alpha value is -2.25. The highest BCUT2D eigenvalue weighted by Gasteiger charge is 2.21. The lowest BCUT2D eigenvalue weighted by atomic mass is 10.2. The van der Waals surface area contributed by atoms with E-state index in [0.717, 1.165) is 19.2 Å². The van der Waals surface area contributed by atoms with Crippen LogP contribution in [0.5, 0.6) is 0 Å². The van der Waals surface area contributed by atoms with E-state index < -0.39 is 35.4 Å². The molecule has 1 amide bonds. The second kappa shape index (κ2) is 6.78. The van der Waals surface area contributed by atoms with Gasteiger partial charge in [0.25, 0.3) is 0 Å². The van der Waals surface area contributed by atoms with Gasteiger partial charge in [-0.1, -0.05) is 0 Å². The predicted octanol–water partition coefficient (Wildman–Crippen LogP) is 1.19. The van der Waals surface area contributed by atoms with Crippen LogP contribution >= 0.6 is 0 Å². The van der Waals surface area contributed by atoms with Crippen molar-refractivity contribution < 1.29 is 27.5 Å². The van der Waals surface area contributed by atoms with Gasteiger partial charge in [-0.05, 0) is 12.1 Å². The van der Waals surface area contributed by atoms with Crippen LogP contribution in [0.15, 0.2) is 12.1 Å². The monoisotopic (exact) mass is 290 g/mol. The van der Waals surface area contributed by atoms with Crippen molar-refractivity contribution in [1.82, 2.24) is 5.32 Å². The fourth-order valence-corrected chi connectivity index (χ4v) is 1.46. The number of methoxy groups -OCH3 is 1. The number of rotatable bonds is 5. The zero-order chi connectivity index (χ0) is 15.3. The third-order valence-electron chi connectivity index (χ3n) is 2.40. The van der Waals surface area contributed by atoms with Crippen LogP contribution in [0.2, 0.25) is 0 Å². The highest BCUT2D eigenvalue weighted by molar-refractivity contribution is 5.83. The number of carbonyl (C=O) groups is 2. The van der Waals surface area contributed by atoms with E-state index in [-0.39, 0.29) is 12.2 Å². The van der Waals surface area contributed by atoms with Gasteiger partial charge in [0.05, 0.1) is 12.8 Å². The van der Waals surface area contributed by atoms with Crippen molar-refractivity contribution in [2.45, 2.75) is 13.0 Å². The van der Waals surface area contributed by atoms with Gasteiger partial charge in [0.1, 0.15) is 6.04 Å². The molecule has 0 aromatic heterocycles. The minimum absolute atomic E-state index is 0.242. The maximum atomic E-state index is 13.4. The molecule has 0 aliphatic heterocycles. The first-order chi connectivity index (χ1) is 9.36. The lowest BCUT2D eigenvalue weighted by molar-refractivity contribution is -0.144. The number of esters is 1. The Morgan fingerprint density at radius 2 is 1.90 bits per heavy atom. The van der Waals surface area contributed by atoms with Gasteiger partial charge < -0.3 is 15.4 Å². The summed E-state index contributed by atoms with van der Waals surface area (Å²) in [5.74, 6) is -5.59. The maximum absolute atomic E-state index is 13.4. The van der Waals surface area contributed by atoms with Gasteiger partial charge in [0, 0.05) is 13.5 Å². The van der Waals surface area contributed by atoms with Crippen molar-refractivity contribution in [1.29, 1.82) is 0 Å². The summed E-state index contributed by atoms with van der Waals surface area (Å²) in [6, 6.07) is 0.646. The lowest BCUT2D eigenvalue weighted by Crippen LogP contribution is -2.45. The average Bonchev–Trinajstić information content (AvgIpc) is 2.41. The summed E-state index contributed by atoms with van der Waals surface area (Å²) in [6.45, 7) is 0.947. The largest absolute Gasteiger partial charge is 0.467 e. The molecule has 0 saturated heterocycles. The van der Waals surface area contributed by atoms with Crippen LogP contribution in [-0.2, 0) is 14.3 Å².